The molecule has 2 heterocycles. The fourth-order valence-corrected chi connectivity index (χ4v) is 2.50. The number of hydrogen-bond donors (Lipinski definition) is 1. The molecule has 3 aromatic rings. The third-order valence-corrected chi connectivity index (χ3v) is 3.74. The highest BCUT2D eigenvalue weighted by Crippen LogP contribution is 2.21. The summed E-state index contributed by atoms with van der Waals surface area (Å²) in [6.07, 6.45) is 1.74. The van der Waals surface area contributed by atoms with Crippen LogP contribution >= 0.6 is 0 Å². The second-order valence-electron chi connectivity index (χ2n) is 5.52. The summed E-state index contributed by atoms with van der Waals surface area (Å²) in [4.78, 5) is 12.3. The Kier molecular flexibility index (Phi) is 3.97. The Morgan fingerprint density at radius 2 is 1.87 bits per heavy atom. The first-order valence-corrected chi connectivity index (χ1v) is 7.43. The highest BCUT2D eigenvalue weighted by molar-refractivity contribution is 6.03. The Balaban J connectivity index is 1.82. The molecule has 0 saturated heterocycles. The number of nitrogens with zero attached hydrogens (tertiary/aromatic N) is 4. The number of anilines is 1. The molecule has 0 aliphatic carbocycles. The van der Waals surface area contributed by atoms with Crippen LogP contribution in [-0.4, -0.2) is 25.5 Å². The standard InChI is InChI=1S/C17H19N5O/c1-12-16(18-17(23)15-9-10-21(3)20-15)13(2)22(19-12)11-14-7-5-4-6-8-14/h4-10H,11H2,1-3H3,(H,18,23). The van der Waals surface area contributed by atoms with Gasteiger partial charge in [0.05, 0.1) is 23.6 Å². The summed E-state index contributed by atoms with van der Waals surface area (Å²) in [6, 6.07) is 11.8. The number of aryl methyl sites for hydroxylation is 2. The molecule has 0 bridgehead atoms. The molecule has 0 saturated carbocycles. The van der Waals surface area contributed by atoms with Crippen molar-refractivity contribution in [2.75, 3.05) is 5.32 Å². The topological polar surface area (TPSA) is 64.7 Å². The summed E-state index contributed by atoms with van der Waals surface area (Å²) in [5, 5.41) is 11.6. The minimum absolute atomic E-state index is 0.226. The van der Waals surface area contributed by atoms with Gasteiger partial charge in [0.15, 0.2) is 5.69 Å². The van der Waals surface area contributed by atoms with Gasteiger partial charge >= 0.3 is 0 Å². The molecule has 0 fully saturated rings. The fraction of sp³-hybridized carbons (Fsp3) is 0.235. The Hall–Kier alpha value is -2.89. The molecular weight excluding hydrogens is 290 g/mol. The van der Waals surface area contributed by atoms with Gasteiger partial charge in [-0.1, -0.05) is 30.3 Å². The van der Waals surface area contributed by atoms with Crippen molar-refractivity contribution < 1.29 is 4.79 Å². The quantitative estimate of drug-likeness (QED) is 0.805. The van der Waals surface area contributed by atoms with Crippen molar-refractivity contribution in [2.45, 2.75) is 20.4 Å². The highest BCUT2D eigenvalue weighted by atomic mass is 16.2. The fourth-order valence-electron chi connectivity index (χ4n) is 2.50. The maximum Gasteiger partial charge on any atom is 0.276 e. The molecule has 1 aromatic carbocycles. The van der Waals surface area contributed by atoms with Crippen LogP contribution in [0.15, 0.2) is 42.6 Å². The maximum absolute atomic E-state index is 12.3. The van der Waals surface area contributed by atoms with Crippen molar-refractivity contribution >= 4 is 11.6 Å². The van der Waals surface area contributed by atoms with Crippen molar-refractivity contribution in [3.63, 3.8) is 0 Å². The van der Waals surface area contributed by atoms with Gasteiger partial charge in [-0.25, -0.2) is 0 Å². The second kappa shape index (κ2) is 6.08. The van der Waals surface area contributed by atoms with E-state index in [1.165, 1.54) is 5.56 Å². The molecule has 0 atom stereocenters. The minimum atomic E-state index is -0.226. The van der Waals surface area contributed by atoms with E-state index < -0.39 is 0 Å². The van der Waals surface area contributed by atoms with Crippen LogP contribution in [0.2, 0.25) is 0 Å². The van der Waals surface area contributed by atoms with Gasteiger partial charge in [-0.15, -0.1) is 0 Å². The molecule has 0 unspecified atom stereocenters. The van der Waals surface area contributed by atoms with Crippen molar-refractivity contribution in [1.82, 2.24) is 19.6 Å². The van der Waals surface area contributed by atoms with E-state index >= 15 is 0 Å². The lowest BCUT2D eigenvalue weighted by Crippen LogP contribution is -2.14. The molecule has 6 heteroatoms. The molecule has 0 aliphatic rings. The monoisotopic (exact) mass is 309 g/mol. The molecule has 0 radical (unpaired) electrons. The highest BCUT2D eigenvalue weighted by Gasteiger charge is 2.16. The lowest BCUT2D eigenvalue weighted by atomic mass is 10.2. The van der Waals surface area contributed by atoms with E-state index in [9.17, 15) is 4.79 Å². The van der Waals surface area contributed by atoms with Gasteiger partial charge in [0.1, 0.15) is 0 Å². The molecule has 6 nitrogen and oxygen atoms in total. The van der Waals surface area contributed by atoms with Crippen molar-refractivity contribution in [1.29, 1.82) is 0 Å². The van der Waals surface area contributed by atoms with E-state index in [1.807, 2.05) is 36.7 Å². The van der Waals surface area contributed by atoms with Crippen molar-refractivity contribution in [3.8, 4) is 0 Å². The third-order valence-electron chi connectivity index (χ3n) is 3.74. The normalized spacial score (nSPS) is 10.7. The first-order valence-electron chi connectivity index (χ1n) is 7.43. The Morgan fingerprint density at radius 3 is 2.52 bits per heavy atom. The van der Waals surface area contributed by atoms with Gasteiger partial charge < -0.3 is 5.32 Å². The van der Waals surface area contributed by atoms with Crippen molar-refractivity contribution in [2.24, 2.45) is 7.05 Å². The summed E-state index contributed by atoms with van der Waals surface area (Å²) >= 11 is 0. The zero-order valence-electron chi connectivity index (χ0n) is 13.4. The lowest BCUT2D eigenvalue weighted by Gasteiger charge is -2.06. The minimum Gasteiger partial charge on any atom is -0.317 e. The van der Waals surface area contributed by atoms with Crippen LogP contribution in [-0.2, 0) is 13.6 Å². The van der Waals surface area contributed by atoms with Crippen LogP contribution in [0.3, 0.4) is 0 Å². The third kappa shape index (κ3) is 3.15. The first kappa shape index (κ1) is 15.0. The summed E-state index contributed by atoms with van der Waals surface area (Å²) < 4.78 is 3.51. The predicted molar refractivity (Wildman–Crippen MR) is 88.4 cm³/mol. The Labute approximate surface area is 134 Å². The number of carbonyl (C=O) groups is 1. The number of aromatic nitrogens is 4. The largest absolute Gasteiger partial charge is 0.317 e. The van der Waals surface area contributed by atoms with Gasteiger partial charge in [0, 0.05) is 13.2 Å². The summed E-state index contributed by atoms with van der Waals surface area (Å²) in [5.74, 6) is -0.226. The number of nitrogens with one attached hydrogen (secondary N) is 1. The number of rotatable bonds is 4. The second-order valence-corrected chi connectivity index (χ2v) is 5.52. The number of carbonyl (C=O) groups excluding carboxylic acids is 1. The molecule has 0 spiro atoms. The molecule has 1 N–H and O–H groups in total. The van der Waals surface area contributed by atoms with E-state index in [1.54, 1.807) is 24.0 Å². The van der Waals surface area contributed by atoms with Crippen LogP contribution in [0, 0.1) is 13.8 Å². The average molecular weight is 309 g/mol. The average Bonchev–Trinajstić information content (AvgIpc) is 3.08. The molecule has 1 amide bonds. The van der Waals surface area contributed by atoms with Gasteiger partial charge in [-0.3, -0.25) is 14.2 Å². The van der Waals surface area contributed by atoms with E-state index in [4.69, 9.17) is 0 Å². The molecule has 2 aromatic heterocycles. The van der Waals surface area contributed by atoms with Crippen LogP contribution in [0.4, 0.5) is 5.69 Å². The number of benzene rings is 1. The van der Waals surface area contributed by atoms with E-state index in [0.29, 0.717) is 12.2 Å². The number of amides is 1. The summed E-state index contributed by atoms with van der Waals surface area (Å²) in [6.45, 7) is 4.52. The van der Waals surface area contributed by atoms with Gasteiger partial charge in [-0.05, 0) is 25.5 Å². The molecule has 0 aliphatic heterocycles. The molecular formula is C17H19N5O. The van der Waals surface area contributed by atoms with Crippen LogP contribution < -0.4 is 5.32 Å². The zero-order chi connectivity index (χ0) is 16.4. The first-order chi connectivity index (χ1) is 11.0. The molecule has 118 valence electrons. The predicted octanol–water partition coefficient (Wildman–Crippen LogP) is 2.53. The zero-order valence-corrected chi connectivity index (χ0v) is 13.4. The van der Waals surface area contributed by atoms with Crippen LogP contribution in [0.25, 0.3) is 0 Å². The smallest absolute Gasteiger partial charge is 0.276 e. The maximum atomic E-state index is 12.3. The lowest BCUT2D eigenvalue weighted by molar-refractivity contribution is 0.102. The van der Waals surface area contributed by atoms with Crippen molar-refractivity contribution in [3.05, 3.63) is 65.2 Å². The molecule has 23 heavy (non-hydrogen) atoms. The Morgan fingerprint density at radius 1 is 1.13 bits per heavy atom. The molecule has 3 rings (SSSR count). The van der Waals surface area contributed by atoms with Gasteiger partial charge in [0.25, 0.3) is 5.91 Å². The number of hydrogen-bond acceptors (Lipinski definition) is 3. The summed E-state index contributed by atoms with van der Waals surface area (Å²) in [7, 11) is 1.78. The van der Waals surface area contributed by atoms with E-state index in [0.717, 1.165) is 17.1 Å². The van der Waals surface area contributed by atoms with E-state index in [-0.39, 0.29) is 5.91 Å². The van der Waals surface area contributed by atoms with Gasteiger partial charge in [-0.2, -0.15) is 10.2 Å². The SMILES string of the molecule is Cc1nn(Cc2ccccc2)c(C)c1NC(=O)c1ccn(C)n1. The Bertz CT molecular complexity index is 832. The van der Waals surface area contributed by atoms with E-state index in [2.05, 4.69) is 27.6 Å². The van der Waals surface area contributed by atoms with Gasteiger partial charge in [0.2, 0.25) is 0 Å². The van der Waals surface area contributed by atoms with Crippen LogP contribution in [0.1, 0.15) is 27.4 Å². The van der Waals surface area contributed by atoms with Crippen LogP contribution in [0.5, 0.6) is 0 Å². The summed E-state index contributed by atoms with van der Waals surface area (Å²) in [5.41, 5.74) is 4.03.